The molecule has 1 aromatic carbocycles. The summed E-state index contributed by atoms with van der Waals surface area (Å²) in [6, 6.07) is 5.88. The molecule has 0 spiro atoms. The summed E-state index contributed by atoms with van der Waals surface area (Å²) in [5.74, 6) is 1.68. The normalized spacial score (nSPS) is 10.9. The first-order valence-corrected chi connectivity index (χ1v) is 6.43. The fourth-order valence-electron chi connectivity index (χ4n) is 1.94. The minimum atomic E-state index is 0.402. The van der Waals surface area contributed by atoms with Crippen LogP contribution in [0.2, 0.25) is 5.02 Å². The molecule has 5 heteroatoms. The molecule has 0 aliphatic heterocycles. The molecule has 96 valence electrons. The fraction of sp³-hybridized carbons (Fsp3) is 0.385. The second-order valence-corrected chi connectivity index (χ2v) is 4.67. The molecule has 0 unspecified atom stereocenters. The van der Waals surface area contributed by atoms with Crippen LogP contribution in [-0.2, 0) is 13.1 Å². The number of halogens is 1. The van der Waals surface area contributed by atoms with Crippen molar-refractivity contribution in [2.75, 3.05) is 0 Å². The molecule has 2 aromatic rings. The maximum Gasteiger partial charge on any atom is 0.164 e. The summed E-state index contributed by atoms with van der Waals surface area (Å²) in [5.41, 5.74) is 7.74. The van der Waals surface area contributed by atoms with Crippen LogP contribution < -0.4 is 5.73 Å². The van der Waals surface area contributed by atoms with E-state index >= 15 is 0 Å². The van der Waals surface area contributed by atoms with Crippen molar-refractivity contribution in [3.63, 3.8) is 0 Å². The van der Waals surface area contributed by atoms with Crippen molar-refractivity contribution in [3.8, 4) is 11.4 Å². The Balaban J connectivity index is 2.49. The highest BCUT2D eigenvalue weighted by atomic mass is 35.5. The maximum atomic E-state index is 6.04. The van der Waals surface area contributed by atoms with Gasteiger partial charge in [-0.3, -0.25) is 0 Å². The van der Waals surface area contributed by atoms with E-state index in [1.54, 1.807) is 0 Å². The minimum Gasteiger partial charge on any atom is -0.324 e. The van der Waals surface area contributed by atoms with E-state index in [0.29, 0.717) is 6.54 Å². The van der Waals surface area contributed by atoms with Crippen LogP contribution in [0, 0.1) is 6.92 Å². The van der Waals surface area contributed by atoms with E-state index in [9.17, 15) is 0 Å². The predicted molar refractivity (Wildman–Crippen MR) is 73.4 cm³/mol. The van der Waals surface area contributed by atoms with Crippen molar-refractivity contribution in [1.29, 1.82) is 0 Å². The zero-order chi connectivity index (χ0) is 13.1. The molecule has 0 aliphatic carbocycles. The van der Waals surface area contributed by atoms with E-state index in [0.717, 1.165) is 40.8 Å². The molecule has 0 bridgehead atoms. The second-order valence-electron chi connectivity index (χ2n) is 4.26. The summed E-state index contributed by atoms with van der Waals surface area (Å²) in [7, 11) is 0. The molecular formula is C13H17ClN4. The van der Waals surface area contributed by atoms with Gasteiger partial charge in [0.1, 0.15) is 5.82 Å². The monoisotopic (exact) mass is 264 g/mol. The van der Waals surface area contributed by atoms with Crippen LogP contribution in [0.15, 0.2) is 18.2 Å². The lowest BCUT2D eigenvalue weighted by atomic mass is 10.1. The van der Waals surface area contributed by atoms with Gasteiger partial charge < -0.3 is 10.3 Å². The van der Waals surface area contributed by atoms with Crippen LogP contribution in [0.5, 0.6) is 0 Å². The number of rotatable bonds is 4. The Bertz CT molecular complexity index is 548. The van der Waals surface area contributed by atoms with E-state index < -0.39 is 0 Å². The molecule has 4 nitrogen and oxygen atoms in total. The number of hydrogen-bond donors (Lipinski definition) is 1. The zero-order valence-electron chi connectivity index (χ0n) is 10.7. The Kier molecular flexibility index (Phi) is 3.99. The Labute approximate surface area is 112 Å². The number of aromatic nitrogens is 3. The van der Waals surface area contributed by atoms with Gasteiger partial charge in [-0.25, -0.2) is 0 Å². The van der Waals surface area contributed by atoms with Crippen molar-refractivity contribution in [3.05, 3.63) is 34.6 Å². The Hall–Kier alpha value is -1.39. The van der Waals surface area contributed by atoms with Crippen molar-refractivity contribution >= 4 is 11.6 Å². The quantitative estimate of drug-likeness (QED) is 0.924. The molecule has 0 saturated carbocycles. The van der Waals surface area contributed by atoms with Gasteiger partial charge in [0.15, 0.2) is 5.82 Å². The Morgan fingerprint density at radius 2 is 2.11 bits per heavy atom. The van der Waals surface area contributed by atoms with Crippen LogP contribution in [0.3, 0.4) is 0 Å². The van der Waals surface area contributed by atoms with E-state index in [1.165, 1.54) is 0 Å². The van der Waals surface area contributed by atoms with E-state index in [-0.39, 0.29) is 0 Å². The lowest BCUT2D eigenvalue weighted by molar-refractivity contribution is 0.644. The third-order valence-corrected chi connectivity index (χ3v) is 3.30. The van der Waals surface area contributed by atoms with Gasteiger partial charge in [-0.15, -0.1) is 10.2 Å². The van der Waals surface area contributed by atoms with Gasteiger partial charge in [0.25, 0.3) is 0 Å². The van der Waals surface area contributed by atoms with Gasteiger partial charge in [0.2, 0.25) is 0 Å². The molecule has 2 rings (SSSR count). The van der Waals surface area contributed by atoms with Gasteiger partial charge in [-0.2, -0.15) is 0 Å². The first kappa shape index (κ1) is 13.1. The molecule has 18 heavy (non-hydrogen) atoms. The number of nitrogens with two attached hydrogens (primary N) is 1. The van der Waals surface area contributed by atoms with Crippen molar-refractivity contribution < 1.29 is 0 Å². The summed E-state index contributed by atoms with van der Waals surface area (Å²) in [6.07, 6.45) is 1.02. The van der Waals surface area contributed by atoms with Gasteiger partial charge in [-0.1, -0.05) is 18.5 Å². The number of benzene rings is 1. The van der Waals surface area contributed by atoms with Crippen molar-refractivity contribution in [1.82, 2.24) is 14.8 Å². The summed E-state index contributed by atoms with van der Waals surface area (Å²) in [6.45, 7) is 5.38. The molecule has 2 N–H and O–H groups in total. The Morgan fingerprint density at radius 1 is 1.33 bits per heavy atom. The predicted octanol–water partition coefficient (Wildman–Crippen LogP) is 2.78. The molecular weight excluding hydrogens is 248 g/mol. The summed E-state index contributed by atoms with van der Waals surface area (Å²) >= 11 is 6.04. The van der Waals surface area contributed by atoms with Crippen molar-refractivity contribution in [2.24, 2.45) is 5.73 Å². The topological polar surface area (TPSA) is 56.7 Å². The lowest BCUT2D eigenvalue weighted by Gasteiger charge is -2.09. The molecule has 0 saturated heterocycles. The molecule has 0 radical (unpaired) electrons. The SMILES string of the molecule is CCCn1c(CN)nnc1-c1ccc(Cl)c(C)c1. The number of nitrogens with zero attached hydrogens (tertiary/aromatic N) is 3. The Morgan fingerprint density at radius 3 is 2.72 bits per heavy atom. The highest BCUT2D eigenvalue weighted by molar-refractivity contribution is 6.31. The third-order valence-electron chi connectivity index (χ3n) is 2.87. The average molecular weight is 265 g/mol. The van der Waals surface area contributed by atoms with Crippen LogP contribution in [0.25, 0.3) is 11.4 Å². The van der Waals surface area contributed by atoms with Crippen LogP contribution in [-0.4, -0.2) is 14.8 Å². The second kappa shape index (κ2) is 5.50. The molecule has 1 heterocycles. The van der Waals surface area contributed by atoms with Gasteiger partial charge in [-0.05, 0) is 37.1 Å². The molecule has 0 fully saturated rings. The standard InChI is InChI=1S/C13H17ClN4/c1-3-6-18-12(8-15)16-17-13(18)10-4-5-11(14)9(2)7-10/h4-5,7H,3,6,8,15H2,1-2H3. The molecule has 0 atom stereocenters. The highest BCUT2D eigenvalue weighted by Gasteiger charge is 2.12. The summed E-state index contributed by atoms with van der Waals surface area (Å²) < 4.78 is 2.07. The van der Waals surface area contributed by atoms with Crippen molar-refractivity contribution in [2.45, 2.75) is 33.4 Å². The van der Waals surface area contributed by atoms with Gasteiger partial charge in [0.05, 0.1) is 6.54 Å². The molecule has 0 aliphatic rings. The summed E-state index contributed by atoms with van der Waals surface area (Å²) in [4.78, 5) is 0. The van der Waals surface area contributed by atoms with Gasteiger partial charge >= 0.3 is 0 Å². The lowest BCUT2D eigenvalue weighted by Crippen LogP contribution is -2.09. The zero-order valence-corrected chi connectivity index (χ0v) is 11.4. The summed E-state index contributed by atoms with van der Waals surface area (Å²) in [5, 5.41) is 9.14. The average Bonchev–Trinajstić information content (AvgIpc) is 2.76. The number of hydrogen-bond acceptors (Lipinski definition) is 3. The fourth-order valence-corrected chi connectivity index (χ4v) is 2.06. The van der Waals surface area contributed by atoms with Crippen LogP contribution >= 0.6 is 11.6 Å². The number of aryl methyl sites for hydroxylation is 1. The maximum absolute atomic E-state index is 6.04. The minimum absolute atomic E-state index is 0.402. The third kappa shape index (κ3) is 2.40. The van der Waals surface area contributed by atoms with Gasteiger partial charge in [0, 0.05) is 17.1 Å². The van der Waals surface area contributed by atoms with E-state index in [4.69, 9.17) is 17.3 Å². The molecule has 0 amide bonds. The molecule has 1 aromatic heterocycles. The largest absolute Gasteiger partial charge is 0.324 e. The first-order chi connectivity index (χ1) is 8.67. The van der Waals surface area contributed by atoms with E-state index in [1.807, 2.05) is 25.1 Å². The smallest absolute Gasteiger partial charge is 0.164 e. The van der Waals surface area contributed by atoms with Crippen LogP contribution in [0.1, 0.15) is 24.7 Å². The van der Waals surface area contributed by atoms with Crippen LogP contribution in [0.4, 0.5) is 0 Å². The first-order valence-electron chi connectivity index (χ1n) is 6.06. The highest BCUT2D eigenvalue weighted by Crippen LogP contribution is 2.24. The van der Waals surface area contributed by atoms with E-state index in [2.05, 4.69) is 21.7 Å².